The summed E-state index contributed by atoms with van der Waals surface area (Å²) < 4.78 is 10.2. The van der Waals surface area contributed by atoms with E-state index in [1.54, 1.807) is 13.1 Å². The van der Waals surface area contributed by atoms with Crippen LogP contribution >= 0.6 is 0 Å². The Morgan fingerprint density at radius 3 is 2.60 bits per heavy atom. The van der Waals surface area contributed by atoms with Crippen LogP contribution in [0.5, 0.6) is 0 Å². The van der Waals surface area contributed by atoms with Crippen molar-refractivity contribution in [3.8, 4) is 0 Å². The first kappa shape index (κ1) is 25.6. The number of esters is 1. The van der Waals surface area contributed by atoms with E-state index in [1.807, 2.05) is 54.6 Å². The number of aryl methyl sites for hydroxylation is 1. The van der Waals surface area contributed by atoms with E-state index in [0.29, 0.717) is 18.5 Å². The second-order valence-electron chi connectivity index (χ2n) is 7.87. The minimum atomic E-state index is -1.04. The molecule has 3 rings (SSSR count). The minimum absolute atomic E-state index is 0.0662. The summed E-state index contributed by atoms with van der Waals surface area (Å²) in [6, 6.07) is 15.9. The zero-order valence-corrected chi connectivity index (χ0v) is 19.7. The molecule has 3 aromatic rings. The molecular weight excluding hydrogens is 448 g/mol. The van der Waals surface area contributed by atoms with Gasteiger partial charge in [0.15, 0.2) is 5.65 Å². The van der Waals surface area contributed by atoms with E-state index < -0.39 is 18.1 Å². The number of aromatic nitrogens is 2. The van der Waals surface area contributed by atoms with E-state index in [4.69, 9.17) is 9.47 Å². The first-order valence-electron chi connectivity index (χ1n) is 11.7. The lowest BCUT2D eigenvalue weighted by molar-refractivity contribution is -0.145. The van der Waals surface area contributed by atoms with Crippen LogP contribution in [0.25, 0.3) is 11.0 Å². The predicted octanol–water partition coefficient (Wildman–Crippen LogP) is 3.32. The SMILES string of the molecule is CCOC(=O)C(CNC(=O)CCCCc1ccc2cccnc2n1)NC(=O)OCc1ccccc1. The zero-order valence-electron chi connectivity index (χ0n) is 19.7. The van der Waals surface area contributed by atoms with Gasteiger partial charge in [0, 0.05) is 30.2 Å². The van der Waals surface area contributed by atoms with E-state index in [2.05, 4.69) is 20.6 Å². The lowest BCUT2D eigenvalue weighted by Crippen LogP contribution is -2.49. The van der Waals surface area contributed by atoms with Gasteiger partial charge in [-0.1, -0.05) is 30.3 Å². The Balaban J connectivity index is 1.39. The van der Waals surface area contributed by atoms with Crippen molar-refractivity contribution >= 4 is 29.0 Å². The summed E-state index contributed by atoms with van der Waals surface area (Å²) in [6.45, 7) is 1.80. The van der Waals surface area contributed by atoms with Gasteiger partial charge in [-0.2, -0.15) is 0 Å². The largest absolute Gasteiger partial charge is 0.464 e. The summed E-state index contributed by atoms with van der Waals surface area (Å²) in [7, 11) is 0. The second kappa shape index (κ2) is 13.6. The van der Waals surface area contributed by atoms with Crippen LogP contribution < -0.4 is 10.6 Å². The standard InChI is InChI=1S/C26H30N4O5/c1-2-34-25(32)22(30-26(33)35-18-19-9-4-3-5-10-19)17-28-23(31)13-7-6-12-21-15-14-20-11-8-16-27-24(20)29-21/h3-5,8-11,14-16,22H,2,6-7,12-13,17-18H2,1H3,(H,28,31)(H,30,33). The average Bonchev–Trinajstić information content (AvgIpc) is 2.88. The molecule has 0 saturated heterocycles. The van der Waals surface area contributed by atoms with Gasteiger partial charge in [-0.25, -0.2) is 19.6 Å². The molecule has 0 spiro atoms. The highest BCUT2D eigenvalue weighted by molar-refractivity contribution is 5.83. The van der Waals surface area contributed by atoms with Gasteiger partial charge in [0.05, 0.1) is 6.61 Å². The van der Waals surface area contributed by atoms with Crippen LogP contribution in [0.1, 0.15) is 37.4 Å². The summed E-state index contributed by atoms with van der Waals surface area (Å²) in [5, 5.41) is 6.14. The van der Waals surface area contributed by atoms with Crippen LogP contribution in [0.2, 0.25) is 0 Å². The Labute approximate surface area is 204 Å². The number of nitrogens with one attached hydrogen (secondary N) is 2. The second-order valence-corrected chi connectivity index (χ2v) is 7.87. The molecular formula is C26H30N4O5. The highest BCUT2D eigenvalue weighted by atomic mass is 16.6. The van der Waals surface area contributed by atoms with Crippen LogP contribution in [0.15, 0.2) is 60.8 Å². The Bertz CT molecular complexity index is 1120. The number of carbonyl (C=O) groups is 3. The Morgan fingerprint density at radius 2 is 1.80 bits per heavy atom. The zero-order chi connectivity index (χ0) is 24.9. The lowest BCUT2D eigenvalue weighted by Gasteiger charge is -2.18. The minimum Gasteiger partial charge on any atom is -0.464 e. The molecule has 0 radical (unpaired) electrons. The van der Waals surface area contributed by atoms with Gasteiger partial charge in [0.2, 0.25) is 5.91 Å². The van der Waals surface area contributed by atoms with Crippen molar-refractivity contribution in [3.05, 3.63) is 72.1 Å². The van der Waals surface area contributed by atoms with Gasteiger partial charge < -0.3 is 20.1 Å². The highest BCUT2D eigenvalue weighted by Gasteiger charge is 2.23. The first-order chi connectivity index (χ1) is 17.0. The number of carbonyl (C=O) groups excluding carboxylic acids is 3. The molecule has 1 aromatic carbocycles. The summed E-state index contributed by atoms with van der Waals surface area (Å²) in [5.41, 5.74) is 2.46. The molecule has 0 aliphatic heterocycles. The molecule has 9 nitrogen and oxygen atoms in total. The van der Waals surface area contributed by atoms with Gasteiger partial charge >= 0.3 is 12.1 Å². The third kappa shape index (κ3) is 8.69. The van der Waals surface area contributed by atoms with Crippen LogP contribution in [0.3, 0.4) is 0 Å². The number of amides is 2. The maximum Gasteiger partial charge on any atom is 0.408 e. The summed E-state index contributed by atoms with van der Waals surface area (Å²) in [5.74, 6) is -0.854. The van der Waals surface area contributed by atoms with E-state index >= 15 is 0 Å². The topological polar surface area (TPSA) is 120 Å². The number of rotatable bonds is 12. The number of fused-ring (bicyclic) bond motifs is 1. The molecule has 1 atom stereocenters. The fraction of sp³-hybridized carbons (Fsp3) is 0.346. The van der Waals surface area contributed by atoms with Crippen LogP contribution in [0, 0.1) is 0 Å². The summed E-state index contributed by atoms with van der Waals surface area (Å²) in [4.78, 5) is 45.4. The molecule has 2 heterocycles. The molecule has 0 aliphatic rings. The van der Waals surface area contributed by atoms with Crippen molar-refractivity contribution in [1.82, 2.24) is 20.6 Å². The van der Waals surface area contributed by atoms with Gasteiger partial charge in [0.25, 0.3) is 0 Å². The predicted molar refractivity (Wildman–Crippen MR) is 130 cm³/mol. The van der Waals surface area contributed by atoms with Crippen molar-refractivity contribution < 1.29 is 23.9 Å². The smallest absolute Gasteiger partial charge is 0.408 e. The van der Waals surface area contributed by atoms with E-state index in [0.717, 1.165) is 29.5 Å². The van der Waals surface area contributed by atoms with Gasteiger partial charge in [-0.15, -0.1) is 0 Å². The lowest BCUT2D eigenvalue weighted by atomic mass is 10.1. The number of nitrogens with zero attached hydrogens (tertiary/aromatic N) is 2. The van der Waals surface area contributed by atoms with Crippen molar-refractivity contribution in [3.63, 3.8) is 0 Å². The van der Waals surface area contributed by atoms with E-state index in [9.17, 15) is 14.4 Å². The number of ether oxygens (including phenoxy) is 2. The normalized spacial score (nSPS) is 11.5. The molecule has 0 aliphatic carbocycles. The Morgan fingerprint density at radius 1 is 0.971 bits per heavy atom. The Hall–Kier alpha value is -4.01. The molecule has 2 aromatic heterocycles. The van der Waals surface area contributed by atoms with Crippen LogP contribution in [-0.4, -0.2) is 47.1 Å². The van der Waals surface area contributed by atoms with Gasteiger partial charge in [0.1, 0.15) is 12.6 Å². The van der Waals surface area contributed by atoms with Gasteiger partial charge in [-0.3, -0.25) is 4.79 Å². The molecule has 1 unspecified atom stereocenters. The molecule has 0 fully saturated rings. The van der Waals surface area contributed by atoms with Crippen molar-refractivity contribution in [1.29, 1.82) is 0 Å². The quantitative estimate of drug-likeness (QED) is 0.303. The van der Waals surface area contributed by atoms with Crippen molar-refractivity contribution in [2.75, 3.05) is 13.2 Å². The van der Waals surface area contributed by atoms with E-state index in [-0.39, 0.29) is 25.7 Å². The third-order valence-corrected chi connectivity index (χ3v) is 5.19. The number of hydrogen-bond donors (Lipinski definition) is 2. The maximum atomic E-state index is 12.3. The number of pyridine rings is 2. The van der Waals surface area contributed by atoms with Gasteiger partial charge in [-0.05, 0) is 56.0 Å². The van der Waals surface area contributed by atoms with Crippen LogP contribution in [-0.2, 0) is 32.1 Å². The summed E-state index contributed by atoms with van der Waals surface area (Å²) in [6.07, 6.45) is 3.41. The fourth-order valence-corrected chi connectivity index (χ4v) is 3.37. The number of unbranched alkanes of at least 4 members (excludes halogenated alkanes) is 1. The maximum absolute atomic E-state index is 12.3. The summed E-state index contributed by atoms with van der Waals surface area (Å²) >= 11 is 0. The third-order valence-electron chi connectivity index (χ3n) is 5.19. The van der Waals surface area contributed by atoms with Crippen molar-refractivity contribution in [2.45, 2.75) is 45.3 Å². The molecule has 184 valence electrons. The molecule has 2 N–H and O–H groups in total. The number of hydrogen-bond acceptors (Lipinski definition) is 7. The first-order valence-corrected chi connectivity index (χ1v) is 11.7. The van der Waals surface area contributed by atoms with Crippen LogP contribution in [0.4, 0.5) is 4.79 Å². The van der Waals surface area contributed by atoms with E-state index in [1.165, 1.54) is 0 Å². The molecule has 2 amide bonds. The molecule has 0 bridgehead atoms. The monoisotopic (exact) mass is 478 g/mol. The highest BCUT2D eigenvalue weighted by Crippen LogP contribution is 2.11. The van der Waals surface area contributed by atoms with Crippen molar-refractivity contribution in [2.24, 2.45) is 0 Å². The molecule has 35 heavy (non-hydrogen) atoms. The average molecular weight is 479 g/mol. The molecule has 9 heteroatoms. The molecule has 0 saturated carbocycles. The number of alkyl carbamates (subject to hydrolysis) is 1. The number of benzene rings is 1. The Kier molecular flexibility index (Phi) is 9.98. The fourth-order valence-electron chi connectivity index (χ4n) is 3.37.